The SMILES string of the molecule is CC1CN(Cc2ccc(F)cc2C(F)(F)F)CCC1N.Cl. The maximum Gasteiger partial charge on any atom is 0.416 e. The van der Waals surface area contributed by atoms with Crippen molar-refractivity contribution in [2.75, 3.05) is 13.1 Å². The van der Waals surface area contributed by atoms with Crippen molar-refractivity contribution in [3.8, 4) is 0 Å². The first-order chi connectivity index (χ1) is 9.27. The van der Waals surface area contributed by atoms with Gasteiger partial charge in [0.15, 0.2) is 0 Å². The number of nitrogens with two attached hydrogens (primary N) is 1. The van der Waals surface area contributed by atoms with Gasteiger partial charge in [0.05, 0.1) is 5.56 Å². The highest BCUT2D eigenvalue weighted by Gasteiger charge is 2.34. The smallest absolute Gasteiger partial charge is 0.327 e. The summed E-state index contributed by atoms with van der Waals surface area (Å²) in [5.41, 5.74) is 5.12. The van der Waals surface area contributed by atoms with Gasteiger partial charge in [-0.25, -0.2) is 4.39 Å². The van der Waals surface area contributed by atoms with Crippen molar-refractivity contribution in [1.29, 1.82) is 0 Å². The molecular weight excluding hydrogens is 308 g/mol. The third-order valence-electron chi connectivity index (χ3n) is 3.83. The molecule has 2 nitrogen and oxygen atoms in total. The Morgan fingerprint density at radius 3 is 2.57 bits per heavy atom. The van der Waals surface area contributed by atoms with Crippen LogP contribution in [-0.4, -0.2) is 24.0 Å². The molecule has 2 atom stereocenters. The number of likely N-dealkylation sites (tertiary alicyclic amines) is 1. The molecule has 0 aliphatic carbocycles. The Labute approximate surface area is 127 Å². The lowest BCUT2D eigenvalue weighted by atomic mass is 9.94. The Morgan fingerprint density at radius 1 is 1.33 bits per heavy atom. The Morgan fingerprint density at radius 2 is 2.00 bits per heavy atom. The molecule has 0 bridgehead atoms. The number of hydrogen-bond donors (Lipinski definition) is 1. The predicted molar refractivity (Wildman–Crippen MR) is 75.7 cm³/mol. The molecule has 1 aromatic rings. The Hall–Kier alpha value is -0.850. The summed E-state index contributed by atoms with van der Waals surface area (Å²) < 4.78 is 51.8. The number of benzene rings is 1. The zero-order valence-electron chi connectivity index (χ0n) is 11.7. The first-order valence-electron chi connectivity index (χ1n) is 6.61. The molecule has 1 aromatic carbocycles. The second-order valence-electron chi connectivity index (χ2n) is 5.46. The van der Waals surface area contributed by atoms with Crippen LogP contribution in [0.5, 0.6) is 0 Å². The van der Waals surface area contributed by atoms with Gasteiger partial charge in [-0.2, -0.15) is 13.2 Å². The van der Waals surface area contributed by atoms with E-state index in [1.807, 2.05) is 11.8 Å². The fraction of sp³-hybridized carbons (Fsp3) is 0.571. The highest BCUT2D eigenvalue weighted by atomic mass is 35.5. The molecule has 120 valence electrons. The van der Waals surface area contributed by atoms with Gasteiger partial charge < -0.3 is 5.73 Å². The Kier molecular flexibility index (Phi) is 6.01. The summed E-state index contributed by atoms with van der Waals surface area (Å²) in [6.07, 6.45) is -3.76. The van der Waals surface area contributed by atoms with Gasteiger partial charge in [-0.15, -0.1) is 12.4 Å². The lowest BCUT2D eigenvalue weighted by Gasteiger charge is -2.35. The van der Waals surface area contributed by atoms with Crippen molar-refractivity contribution in [2.45, 2.75) is 32.1 Å². The standard InChI is InChI=1S/C14H18F4N2.ClH/c1-9-7-20(5-4-13(9)19)8-10-2-3-11(15)6-12(10)14(16,17)18;/h2-3,6,9,13H,4-5,7-8,19H2,1H3;1H. The van der Waals surface area contributed by atoms with E-state index >= 15 is 0 Å². The minimum atomic E-state index is -4.53. The van der Waals surface area contributed by atoms with Crippen LogP contribution in [0.4, 0.5) is 17.6 Å². The van der Waals surface area contributed by atoms with Gasteiger partial charge in [0.1, 0.15) is 5.82 Å². The van der Waals surface area contributed by atoms with Crippen LogP contribution in [0.25, 0.3) is 0 Å². The molecule has 1 fully saturated rings. The van der Waals surface area contributed by atoms with Crippen LogP contribution in [0.15, 0.2) is 18.2 Å². The highest BCUT2D eigenvalue weighted by Crippen LogP contribution is 2.33. The fourth-order valence-corrected chi connectivity index (χ4v) is 2.59. The van der Waals surface area contributed by atoms with Crippen LogP contribution in [0.2, 0.25) is 0 Å². The molecule has 1 aliphatic rings. The zero-order valence-corrected chi connectivity index (χ0v) is 12.5. The van der Waals surface area contributed by atoms with E-state index in [0.717, 1.165) is 12.5 Å². The summed E-state index contributed by atoms with van der Waals surface area (Å²) in [5, 5.41) is 0. The third kappa shape index (κ3) is 4.56. The van der Waals surface area contributed by atoms with E-state index in [9.17, 15) is 17.6 Å². The summed E-state index contributed by atoms with van der Waals surface area (Å²) in [4.78, 5) is 1.94. The third-order valence-corrected chi connectivity index (χ3v) is 3.83. The maximum absolute atomic E-state index is 13.0. The Balaban J connectivity index is 0.00000220. The van der Waals surface area contributed by atoms with Gasteiger partial charge in [0.25, 0.3) is 0 Å². The van der Waals surface area contributed by atoms with E-state index in [4.69, 9.17) is 5.73 Å². The molecule has 1 saturated heterocycles. The van der Waals surface area contributed by atoms with Gasteiger partial charge in [-0.3, -0.25) is 4.90 Å². The fourth-order valence-electron chi connectivity index (χ4n) is 2.59. The molecule has 1 aliphatic heterocycles. The van der Waals surface area contributed by atoms with Gasteiger partial charge in [-0.05, 0) is 36.6 Å². The quantitative estimate of drug-likeness (QED) is 0.844. The highest BCUT2D eigenvalue weighted by molar-refractivity contribution is 5.85. The van der Waals surface area contributed by atoms with Crippen molar-refractivity contribution >= 4 is 12.4 Å². The zero-order chi connectivity index (χ0) is 14.9. The summed E-state index contributed by atoms with van der Waals surface area (Å²) in [5.74, 6) is -0.617. The molecule has 0 aromatic heterocycles. The van der Waals surface area contributed by atoms with Gasteiger partial charge in [-0.1, -0.05) is 13.0 Å². The molecule has 2 unspecified atom stereocenters. The topological polar surface area (TPSA) is 29.3 Å². The first kappa shape index (κ1) is 18.2. The number of alkyl halides is 3. The molecule has 1 heterocycles. The van der Waals surface area contributed by atoms with Crippen LogP contribution in [-0.2, 0) is 12.7 Å². The largest absolute Gasteiger partial charge is 0.416 e. The minimum Gasteiger partial charge on any atom is -0.327 e. The predicted octanol–water partition coefficient (Wildman–Crippen LogP) is 3.44. The van der Waals surface area contributed by atoms with E-state index in [2.05, 4.69) is 0 Å². The second kappa shape index (κ2) is 6.94. The van der Waals surface area contributed by atoms with Crippen LogP contribution in [0.1, 0.15) is 24.5 Å². The van der Waals surface area contributed by atoms with E-state index in [1.54, 1.807) is 0 Å². The van der Waals surface area contributed by atoms with E-state index in [0.29, 0.717) is 19.2 Å². The molecule has 0 spiro atoms. The average Bonchev–Trinajstić information content (AvgIpc) is 2.35. The molecule has 0 saturated carbocycles. The monoisotopic (exact) mass is 326 g/mol. The molecule has 0 radical (unpaired) electrons. The molecule has 2 rings (SSSR count). The number of rotatable bonds is 2. The average molecular weight is 327 g/mol. The normalized spacial score (nSPS) is 23.7. The number of piperidine rings is 1. The first-order valence-corrected chi connectivity index (χ1v) is 6.61. The van der Waals surface area contributed by atoms with Crippen LogP contribution >= 0.6 is 12.4 Å². The van der Waals surface area contributed by atoms with Gasteiger partial charge in [0.2, 0.25) is 0 Å². The molecule has 21 heavy (non-hydrogen) atoms. The summed E-state index contributed by atoms with van der Waals surface area (Å²) in [6, 6.07) is 2.96. The maximum atomic E-state index is 13.0. The van der Waals surface area contributed by atoms with Crippen molar-refractivity contribution in [3.63, 3.8) is 0 Å². The van der Waals surface area contributed by atoms with Gasteiger partial charge in [0, 0.05) is 19.1 Å². The summed E-state index contributed by atoms with van der Waals surface area (Å²) >= 11 is 0. The molecular formula is C14H19ClF4N2. The second-order valence-corrected chi connectivity index (χ2v) is 5.46. The lowest BCUT2D eigenvalue weighted by Crippen LogP contribution is -2.45. The van der Waals surface area contributed by atoms with Crippen molar-refractivity contribution in [2.24, 2.45) is 11.7 Å². The number of nitrogens with zero attached hydrogens (tertiary/aromatic N) is 1. The van der Waals surface area contributed by atoms with Crippen molar-refractivity contribution in [1.82, 2.24) is 4.90 Å². The van der Waals surface area contributed by atoms with Crippen LogP contribution in [0.3, 0.4) is 0 Å². The van der Waals surface area contributed by atoms with E-state index in [1.165, 1.54) is 6.07 Å². The molecule has 2 N–H and O–H groups in total. The minimum absolute atomic E-state index is 0. The summed E-state index contributed by atoms with van der Waals surface area (Å²) in [6.45, 7) is 3.49. The van der Waals surface area contributed by atoms with Crippen LogP contribution < -0.4 is 5.73 Å². The van der Waals surface area contributed by atoms with Crippen molar-refractivity contribution in [3.05, 3.63) is 35.1 Å². The van der Waals surface area contributed by atoms with E-state index in [-0.39, 0.29) is 36.5 Å². The lowest BCUT2D eigenvalue weighted by molar-refractivity contribution is -0.138. The van der Waals surface area contributed by atoms with Gasteiger partial charge >= 0.3 is 6.18 Å². The number of halogens is 5. The molecule has 0 amide bonds. The summed E-state index contributed by atoms with van der Waals surface area (Å²) in [7, 11) is 0. The Bertz CT molecular complexity index is 479. The van der Waals surface area contributed by atoms with Crippen molar-refractivity contribution < 1.29 is 17.6 Å². The molecule has 7 heteroatoms. The van der Waals surface area contributed by atoms with Crippen LogP contribution in [0, 0.1) is 11.7 Å². The van der Waals surface area contributed by atoms with E-state index < -0.39 is 17.6 Å². The number of hydrogen-bond acceptors (Lipinski definition) is 2.